The lowest BCUT2D eigenvalue weighted by Gasteiger charge is -2.36. The zero-order valence-corrected chi connectivity index (χ0v) is 15.9. The van der Waals surface area contributed by atoms with Crippen molar-refractivity contribution in [2.24, 2.45) is 0 Å². The molecule has 0 spiro atoms. The van der Waals surface area contributed by atoms with E-state index in [1.807, 2.05) is 11.0 Å². The van der Waals surface area contributed by atoms with Gasteiger partial charge < -0.3 is 14.7 Å². The molecule has 0 bridgehead atoms. The number of piperidine rings is 1. The normalized spacial score (nSPS) is 18.8. The molecule has 2 aliphatic rings. The molecule has 0 aliphatic carbocycles. The summed E-state index contributed by atoms with van der Waals surface area (Å²) in [7, 11) is 0. The van der Waals surface area contributed by atoms with Crippen LogP contribution in [0, 0.1) is 0 Å². The highest BCUT2D eigenvalue weighted by atomic mass is 16.2. The van der Waals surface area contributed by atoms with E-state index in [9.17, 15) is 4.79 Å². The van der Waals surface area contributed by atoms with E-state index in [-0.39, 0.29) is 0 Å². The second-order valence-corrected chi connectivity index (χ2v) is 7.43. The number of aromatic nitrogens is 3. The van der Waals surface area contributed by atoms with Crippen LogP contribution in [0.25, 0.3) is 11.2 Å². The van der Waals surface area contributed by atoms with Crippen LogP contribution in [0.2, 0.25) is 0 Å². The Labute approximate surface area is 160 Å². The fourth-order valence-electron chi connectivity index (χ4n) is 4.11. The Bertz CT molecular complexity index is 763. The van der Waals surface area contributed by atoms with Crippen molar-refractivity contribution in [2.45, 2.75) is 32.1 Å². The lowest BCUT2D eigenvalue weighted by Crippen LogP contribution is -2.49. The van der Waals surface area contributed by atoms with Gasteiger partial charge >= 0.3 is 0 Å². The number of nitrogens with zero attached hydrogens (tertiary/aromatic N) is 6. The molecule has 2 aliphatic heterocycles. The van der Waals surface area contributed by atoms with E-state index in [4.69, 9.17) is 0 Å². The van der Waals surface area contributed by atoms with Crippen LogP contribution >= 0.6 is 0 Å². The Balaban J connectivity index is 1.27. The zero-order valence-electron chi connectivity index (χ0n) is 15.9. The van der Waals surface area contributed by atoms with Crippen molar-refractivity contribution in [3.8, 4) is 0 Å². The number of pyridine rings is 1. The Hall–Kier alpha value is -2.28. The van der Waals surface area contributed by atoms with Crippen molar-refractivity contribution in [3.05, 3.63) is 24.7 Å². The quantitative estimate of drug-likeness (QED) is 0.804. The van der Waals surface area contributed by atoms with Crippen LogP contribution in [0.1, 0.15) is 32.1 Å². The minimum Gasteiger partial charge on any atom is -0.366 e. The maximum absolute atomic E-state index is 12.6. The van der Waals surface area contributed by atoms with Crippen molar-refractivity contribution >= 4 is 22.8 Å². The minimum atomic E-state index is 0.297. The molecule has 2 fully saturated rings. The molecule has 1 amide bonds. The molecule has 0 aromatic carbocycles. The summed E-state index contributed by atoms with van der Waals surface area (Å²) in [5.41, 5.74) is 2.57. The minimum absolute atomic E-state index is 0.297. The standard InChI is InChI=1S/C20H28N6O/c27-18(5-4-12-24-10-2-1-3-11-24)26-15-13-25(14-16-26)17-6-7-22-20-19(17)21-8-9-23-20/h6-9H,1-5,10-16H2. The van der Waals surface area contributed by atoms with E-state index in [0.717, 1.165) is 50.3 Å². The molecule has 7 heteroatoms. The molecule has 2 aromatic heterocycles. The van der Waals surface area contributed by atoms with Gasteiger partial charge in [0.2, 0.25) is 5.91 Å². The third-order valence-corrected chi connectivity index (χ3v) is 5.64. The molecule has 0 saturated carbocycles. The highest BCUT2D eigenvalue weighted by Gasteiger charge is 2.23. The molecule has 27 heavy (non-hydrogen) atoms. The molecule has 0 unspecified atom stereocenters. The van der Waals surface area contributed by atoms with Crippen molar-refractivity contribution < 1.29 is 4.79 Å². The van der Waals surface area contributed by atoms with Gasteiger partial charge in [0.15, 0.2) is 5.65 Å². The number of likely N-dealkylation sites (tertiary alicyclic amines) is 1. The maximum atomic E-state index is 12.6. The first-order chi connectivity index (χ1) is 13.3. The van der Waals surface area contributed by atoms with Gasteiger partial charge in [0, 0.05) is 51.2 Å². The zero-order chi connectivity index (χ0) is 18.5. The first-order valence-electron chi connectivity index (χ1n) is 10.1. The van der Waals surface area contributed by atoms with Crippen LogP contribution in [-0.4, -0.2) is 76.5 Å². The summed E-state index contributed by atoms with van der Waals surface area (Å²) < 4.78 is 0. The Kier molecular flexibility index (Phi) is 5.77. The van der Waals surface area contributed by atoms with Crippen LogP contribution in [0.3, 0.4) is 0 Å². The number of piperazine rings is 1. The number of anilines is 1. The summed E-state index contributed by atoms with van der Waals surface area (Å²) in [6.45, 7) is 6.67. The lowest BCUT2D eigenvalue weighted by atomic mass is 10.1. The predicted molar refractivity (Wildman–Crippen MR) is 106 cm³/mol. The topological polar surface area (TPSA) is 65.5 Å². The van der Waals surface area contributed by atoms with E-state index in [1.54, 1.807) is 18.6 Å². The average Bonchev–Trinajstić information content (AvgIpc) is 2.74. The van der Waals surface area contributed by atoms with Crippen molar-refractivity contribution in [1.82, 2.24) is 24.8 Å². The van der Waals surface area contributed by atoms with Gasteiger partial charge in [-0.05, 0) is 45.0 Å². The van der Waals surface area contributed by atoms with Gasteiger partial charge in [0.1, 0.15) is 5.52 Å². The summed E-state index contributed by atoms with van der Waals surface area (Å²) in [6, 6.07) is 1.99. The first kappa shape index (κ1) is 18.1. The number of carbonyl (C=O) groups is 1. The van der Waals surface area contributed by atoms with Gasteiger partial charge in [0.05, 0.1) is 5.69 Å². The molecule has 0 radical (unpaired) electrons. The number of fused-ring (bicyclic) bond motifs is 1. The lowest BCUT2D eigenvalue weighted by molar-refractivity contribution is -0.131. The highest BCUT2D eigenvalue weighted by molar-refractivity contribution is 5.85. The van der Waals surface area contributed by atoms with Crippen LogP contribution in [0.5, 0.6) is 0 Å². The second-order valence-electron chi connectivity index (χ2n) is 7.43. The number of rotatable bonds is 5. The molecule has 7 nitrogen and oxygen atoms in total. The maximum Gasteiger partial charge on any atom is 0.222 e. The fourth-order valence-corrected chi connectivity index (χ4v) is 4.11. The Morgan fingerprint density at radius 2 is 1.63 bits per heavy atom. The molecule has 4 heterocycles. The molecule has 0 N–H and O–H groups in total. The third-order valence-electron chi connectivity index (χ3n) is 5.64. The van der Waals surface area contributed by atoms with Crippen LogP contribution < -0.4 is 4.90 Å². The molecule has 0 atom stereocenters. The van der Waals surface area contributed by atoms with Crippen molar-refractivity contribution in [3.63, 3.8) is 0 Å². The van der Waals surface area contributed by atoms with Gasteiger partial charge in [-0.3, -0.25) is 4.79 Å². The van der Waals surface area contributed by atoms with Crippen LogP contribution in [0.15, 0.2) is 24.7 Å². The monoisotopic (exact) mass is 368 g/mol. The summed E-state index contributed by atoms with van der Waals surface area (Å²) in [5.74, 6) is 0.297. The SMILES string of the molecule is O=C(CCCN1CCCCC1)N1CCN(c2ccnc3nccnc23)CC1. The van der Waals surface area contributed by atoms with Gasteiger partial charge in [0.25, 0.3) is 0 Å². The molecule has 2 saturated heterocycles. The van der Waals surface area contributed by atoms with E-state index >= 15 is 0 Å². The number of carbonyl (C=O) groups excluding carboxylic acids is 1. The number of hydrogen-bond acceptors (Lipinski definition) is 6. The van der Waals surface area contributed by atoms with E-state index in [1.165, 1.54) is 32.4 Å². The van der Waals surface area contributed by atoms with Crippen LogP contribution in [-0.2, 0) is 4.79 Å². The van der Waals surface area contributed by atoms with E-state index < -0.39 is 0 Å². The largest absolute Gasteiger partial charge is 0.366 e. The summed E-state index contributed by atoms with van der Waals surface area (Å²) in [4.78, 5) is 32.4. The Morgan fingerprint density at radius 1 is 0.889 bits per heavy atom. The molecule has 2 aromatic rings. The Morgan fingerprint density at radius 3 is 2.44 bits per heavy atom. The van der Waals surface area contributed by atoms with Gasteiger partial charge in [-0.15, -0.1) is 0 Å². The van der Waals surface area contributed by atoms with Gasteiger partial charge in [-0.1, -0.05) is 6.42 Å². The fraction of sp³-hybridized carbons (Fsp3) is 0.600. The molecule has 144 valence electrons. The molecular formula is C20H28N6O. The van der Waals surface area contributed by atoms with Crippen LogP contribution in [0.4, 0.5) is 5.69 Å². The summed E-state index contributed by atoms with van der Waals surface area (Å²) in [5, 5.41) is 0. The molecule has 4 rings (SSSR count). The predicted octanol–water partition coefficient (Wildman–Crippen LogP) is 1.94. The second kappa shape index (κ2) is 8.61. The van der Waals surface area contributed by atoms with Gasteiger partial charge in [-0.25, -0.2) is 15.0 Å². The number of hydrogen-bond donors (Lipinski definition) is 0. The summed E-state index contributed by atoms with van der Waals surface area (Å²) in [6.07, 6.45) is 10.8. The van der Waals surface area contributed by atoms with Crippen molar-refractivity contribution in [1.29, 1.82) is 0 Å². The van der Waals surface area contributed by atoms with Gasteiger partial charge in [-0.2, -0.15) is 0 Å². The third kappa shape index (κ3) is 4.35. The molecular weight excluding hydrogens is 340 g/mol. The highest BCUT2D eigenvalue weighted by Crippen LogP contribution is 2.23. The average molecular weight is 368 g/mol. The smallest absolute Gasteiger partial charge is 0.222 e. The van der Waals surface area contributed by atoms with E-state index in [2.05, 4.69) is 24.8 Å². The first-order valence-corrected chi connectivity index (χ1v) is 10.1. The number of amides is 1. The van der Waals surface area contributed by atoms with Crippen molar-refractivity contribution in [2.75, 3.05) is 50.7 Å². The van der Waals surface area contributed by atoms with E-state index in [0.29, 0.717) is 18.0 Å². The summed E-state index contributed by atoms with van der Waals surface area (Å²) >= 11 is 0.